The van der Waals surface area contributed by atoms with Gasteiger partial charge in [0, 0.05) is 30.7 Å². The molecule has 2 unspecified atom stereocenters. The second-order valence-electron chi connectivity index (χ2n) is 4.89. The lowest BCUT2D eigenvalue weighted by molar-refractivity contribution is 0.175. The van der Waals surface area contributed by atoms with E-state index in [2.05, 4.69) is 16.3 Å². The second kappa shape index (κ2) is 6.53. The standard InChI is InChI=1S/C14H21ClN2O/c1-16-14(12-4-2-3-5-13(12)15)7-9-17-8-6-11(18)10-17/h2-5,11,14,16,18H,6-10H2,1H3. The molecule has 1 aliphatic heterocycles. The van der Waals surface area contributed by atoms with Gasteiger partial charge in [-0.15, -0.1) is 0 Å². The van der Waals surface area contributed by atoms with Crippen LogP contribution in [0.25, 0.3) is 0 Å². The molecule has 0 amide bonds. The summed E-state index contributed by atoms with van der Waals surface area (Å²) in [7, 11) is 1.97. The van der Waals surface area contributed by atoms with Crippen molar-refractivity contribution in [1.29, 1.82) is 0 Å². The average molecular weight is 269 g/mol. The summed E-state index contributed by atoms with van der Waals surface area (Å²) in [5.74, 6) is 0. The molecule has 0 aromatic heterocycles. The number of aliphatic hydroxyl groups excluding tert-OH is 1. The maximum atomic E-state index is 9.50. The van der Waals surface area contributed by atoms with Crippen LogP contribution in [-0.2, 0) is 0 Å². The minimum absolute atomic E-state index is 0.140. The molecule has 4 heteroatoms. The number of nitrogens with zero attached hydrogens (tertiary/aromatic N) is 1. The summed E-state index contributed by atoms with van der Waals surface area (Å²) in [6.07, 6.45) is 1.77. The first-order valence-corrected chi connectivity index (χ1v) is 6.90. The number of nitrogens with one attached hydrogen (secondary N) is 1. The fourth-order valence-corrected chi connectivity index (χ4v) is 2.81. The monoisotopic (exact) mass is 268 g/mol. The maximum absolute atomic E-state index is 9.50. The van der Waals surface area contributed by atoms with Crippen LogP contribution in [0.15, 0.2) is 24.3 Å². The van der Waals surface area contributed by atoms with Crippen molar-refractivity contribution in [3.05, 3.63) is 34.9 Å². The summed E-state index contributed by atoms with van der Waals surface area (Å²) < 4.78 is 0. The summed E-state index contributed by atoms with van der Waals surface area (Å²) in [6.45, 7) is 2.80. The zero-order valence-electron chi connectivity index (χ0n) is 10.8. The molecule has 0 saturated carbocycles. The Morgan fingerprint density at radius 2 is 2.28 bits per heavy atom. The van der Waals surface area contributed by atoms with Gasteiger partial charge < -0.3 is 15.3 Å². The van der Waals surface area contributed by atoms with Crippen molar-refractivity contribution in [1.82, 2.24) is 10.2 Å². The molecule has 1 aromatic carbocycles. The number of hydrogen-bond acceptors (Lipinski definition) is 3. The Morgan fingerprint density at radius 1 is 1.50 bits per heavy atom. The lowest BCUT2D eigenvalue weighted by atomic mass is 10.0. The summed E-state index contributed by atoms with van der Waals surface area (Å²) in [5, 5.41) is 13.6. The van der Waals surface area contributed by atoms with E-state index in [-0.39, 0.29) is 12.1 Å². The van der Waals surface area contributed by atoms with E-state index in [1.54, 1.807) is 0 Å². The highest BCUT2D eigenvalue weighted by atomic mass is 35.5. The van der Waals surface area contributed by atoms with Crippen molar-refractivity contribution in [3.8, 4) is 0 Å². The highest BCUT2D eigenvalue weighted by molar-refractivity contribution is 6.31. The first-order chi connectivity index (χ1) is 8.70. The quantitative estimate of drug-likeness (QED) is 0.858. The molecule has 1 heterocycles. The molecule has 1 saturated heterocycles. The van der Waals surface area contributed by atoms with Crippen LogP contribution in [0, 0.1) is 0 Å². The number of β-amino-alcohol motifs (C(OH)–C–C–N with tert-alkyl or cyclic N) is 1. The van der Waals surface area contributed by atoms with Crippen molar-refractivity contribution in [2.75, 3.05) is 26.7 Å². The zero-order valence-corrected chi connectivity index (χ0v) is 11.5. The molecule has 1 aliphatic rings. The van der Waals surface area contributed by atoms with Gasteiger partial charge in [-0.3, -0.25) is 0 Å². The summed E-state index contributed by atoms with van der Waals surface area (Å²) in [4.78, 5) is 2.31. The van der Waals surface area contributed by atoms with E-state index >= 15 is 0 Å². The van der Waals surface area contributed by atoms with E-state index in [1.165, 1.54) is 0 Å². The summed E-state index contributed by atoms with van der Waals surface area (Å²) >= 11 is 6.22. The highest BCUT2D eigenvalue weighted by Gasteiger charge is 2.21. The maximum Gasteiger partial charge on any atom is 0.0679 e. The predicted octanol–water partition coefficient (Wildman–Crippen LogP) is 2.06. The van der Waals surface area contributed by atoms with Gasteiger partial charge >= 0.3 is 0 Å². The molecule has 0 radical (unpaired) electrons. The zero-order chi connectivity index (χ0) is 13.0. The van der Waals surface area contributed by atoms with Crippen LogP contribution in [-0.4, -0.2) is 42.8 Å². The van der Waals surface area contributed by atoms with Gasteiger partial charge in [-0.1, -0.05) is 29.8 Å². The Labute approximate surface area is 114 Å². The molecule has 0 spiro atoms. The first kappa shape index (κ1) is 13.8. The van der Waals surface area contributed by atoms with Crippen molar-refractivity contribution < 1.29 is 5.11 Å². The molecular formula is C14H21ClN2O. The van der Waals surface area contributed by atoms with Gasteiger partial charge in [-0.05, 0) is 31.5 Å². The SMILES string of the molecule is CNC(CCN1CCC(O)C1)c1ccccc1Cl. The van der Waals surface area contributed by atoms with E-state index in [9.17, 15) is 5.11 Å². The Kier molecular flexibility index (Phi) is 5.01. The molecule has 2 rings (SSSR count). The second-order valence-corrected chi connectivity index (χ2v) is 5.30. The van der Waals surface area contributed by atoms with Gasteiger partial charge in [0.1, 0.15) is 0 Å². The van der Waals surface area contributed by atoms with E-state index in [4.69, 9.17) is 11.6 Å². The van der Waals surface area contributed by atoms with E-state index < -0.39 is 0 Å². The third kappa shape index (κ3) is 3.45. The van der Waals surface area contributed by atoms with Crippen LogP contribution in [0.2, 0.25) is 5.02 Å². The molecule has 1 fully saturated rings. The Balaban J connectivity index is 1.92. The van der Waals surface area contributed by atoms with Crippen molar-refractivity contribution in [3.63, 3.8) is 0 Å². The molecular weight excluding hydrogens is 248 g/mol. The van der Waals surface area contributed by atoms with Gasteiger partial charge in [0.05, 0.1) is 6.10 Å². The molecule has 1 aromatic rings. The summed E-state index contributed by atoms with van der Waals surface area (Å²) in [6, 6.07) is 8.25. The number of benzene rings is 1. The number of hydrogen-bond donors (Lipinski definition) is 2. The van der Waals surface area contributed by atoms with E-state index in [0.29, 0.717) is 0 Å². The topological polar surface area (TPSA) is 35.5 Å². The van der Waals surface area contributed by atoms with Gasteiger partial charge in [0.2, 0.25) is 0 Å². The third-order valence-electron chi connectivity index (χ3n) is 3.61. The van der Waals surface area contributed by atoms with Gasteiger partial charge in [0.25, 0.3) is 0 Å². The van der Waals surface area contributed by atoms with E-state index in [0.717, 1.165) is 43.1 Å². The van der Waals surface area contributed by atoms with Crippen LogP contribution in [0.4, 0.5) is 0 Å². The predicted molar refractivity (Wildman–Crippen MR) is 74.9 cm³/mol. The van der Waals surface area contributed by atoms with E-state index in [1.807, 2.05) is 25.2 Å². The fraction of sp³-hybridized carbons (Fsp3) is 0.571. The van der Waals surface area contributed by atoms with Crippen LogP contribution >= 0.6 is 11.6 Å². The molecule has 0 bridgehead atoms. The Hall–Kier alpha value is -0.610. The third-order valence-corrected chi connectivity index (χ3v) is 3.95. The van der Waals surface area contributed by atoms with Gasteiger partial charge in [-0.2, -0.15) is 0 Å². The largest absolute Gasteiger partial charge is 0.392 e. The molecule has 0 aliphatic carbocycles. The average Bonchev–Trinajstić information content (AvgIpc) is 2.78. The minimum Gasteiger partial charge on any atom is -0.392 e. The smallest absolute Gasteiger partial charge is 0.0679 e. The Morgan fingerprint density at radius 3 is 2.89 bits per heavy atom. The molecule has 100 valence electrons. The van der Waals surface area contributed by atoms with Gasteiger partial charge in [-0.25, -0.2) is 0 Å². The number of rotatable bonds is 5. The molecule has 18 heavy (non-hydrogen) atoms. The Bertz CT molecular complexity index is 386. The van der Waals surface area contributed by atoms with Crippen LogP contribution < -0.4 is 5.32 Å². The van der Waals surface area contributed by atoms with Gasteiger partial charge in [0.15, 0.2) is 0 Å². The van der Waals surface area contributed by atoms with Crippen molar-refractivity contribution in [2.45, 2.75) is 25.0 Å². The highest BCUT2D eigenvalue weighted by Crippen LogP contribution is 2.25. The van der Waals surface area contributed by atoms with Crippen LogP contribution in [0.5, 0.6) is 0 Å². The normalized spacial score (nSPS) is 22.3. The molecule has 3 nitrogen and oxygen atoms in total. The first-order valence-electron chi connectivity index (χ1n) is 6.53. The lowest BCUT2D eigenvalue weighted by Gasteiger charge is -2.22. The number of likely N-dealkylation sites (tertiary alicyclic amines) is 1. The van der Waals surface area contributed by atoms with Crippen molar-refractivity contribution >= 4 is 11.6 Å². The van der Waals surface area contributed by atoms with Crippen LogP contribution in [0.1, 0.15) is 24.4 Å². The summed E-state index contributed by atoms with van der Waals surface area (Å²) in [5.41, 5.74) is 1.15. The molecule has 2 N–H and O–H groups in total. The lowest BCUT2D eigenvalue weighted by Crippen LogP contribution is -2.27. The minimum atomic E-state index is -0.140. The molecule has 2 atom stereocenters. The van der Waals surface area contributed by atoms with Crippen LogP contribution in [0.3, 0.4) is 0 Å². The number of halogens is 1. The fourth-order valence-electron chi connectivity index (χ4n) is 2.54. The van der Waals surface area contributed by atoms with Crippen molar-refractivity contribution in [2.24, 2.45) is 0 Å². The number of aliphatic hydroxyl groups is 1.